The molecule has 5 nitrogen and oxygen atoms in total. The highest BCUT2D eigenvalue weighted by Crippen LogP contribution is 2.29. The molecule has 2 rings (SSSR count). The van der Waals surface area contributed by atoms with Crippen LogP contribution in [-0.2, 0) is 4.74 Å². The molecule has 1 aromatic carbocycles. The Hall–Kier alpha value is -1.93. The number of amides is 1. The summed E-state index contributed by atoms with van der Waals surface area (Å²) in [6.45, 7) is 7.90. The SMILES string of the molecule is CN(CC1CCN(c2ccc(Cl)cc2C#N)C1)C(=O)OC(C)(C)C. The Morgan fingerprint density at radius 2 is 2.21 bits per heavy atom. The van der Waals surface area contributed by atoms with E-state index in [9.17, 15) is 10.1 Å². The van der Waals surface area contributed by atoms with Gasteiger partial charge in [-0.05, 0) is 51.3 Å². The molecule has 0 aromatic heterocycles. The van der Waals surface area contributed by atoms with Crippen molar-refractivity contribution in [2.45, 2.75) is 32.8 Å². The van der Waals surface area contributed by atoms with Gasteiger partial charge in [-0.25, -0.2) is 4.79 Å². The smallest absolute Gasteiger partial charge is 0.410 e. The van der Waals surface area contributed by atoms with Gasteiger partial charge >= 0.3 is 6.09 Å². The molecule has 1 aliphatic rings. The zero-order chi connectivity index (χ0) is 17.9. The summed E-state index contributed by atoms with van der Waals surface area (Å²) in [7, 11) is 1.76. The van der Waals surface area contributed by atoms with Crippen molar-refractivity contribution in [3.05, 3.63) is 28.8 Å². The molecule has 1 fully saturated rings. The van der Waals surface area contributed by atoms with Crippen LogP contribution in [0.3, 0.4) is 0 Å². The average Bonchev–Trinajstić information content (AvgIpc) is 2.93. The molecule has 1 unspecified atom stereocenters. The van der Waals surface area contributed by atoms with E-state index in [-0.39, 0.29) is 6.09 Å². The van der Waals surface area contributed by atoms with Gasteiger partial charge < -0.3 is 14.5 Å². The maximum Gasteiger partial charge on any atom is 0.410 e. The zero-order valence-electron chi connectivity index (χ0n) is 14.7. The van der Waals surface area contributed by atoms with Crippen LogP contribution in [0.5, 0.6) is 0 Å². The van der Waals surface area contributed by atoms with E-state index in [1.165, 1.54) is 0 Å². The Morgan fingerprint density at radius 3 is 2.83 bits per heavy atom. The van der Waals surface area contributed by atoms with Crippen LogP contribution >= 0.6 is 11.6 Å². The van der Waals surface area contributed by atoms with Gasteiger partial charge in [0.05, 0.1) is 11.3 Å². The van der Waals surface area contributed by atoms with Gasteiger partial charge in [0.25, 0.3) is 0 Å². The Kier molecular flexibility index (Phi) is 5.61. The minimum Gasteiger partial charge on any atom is -0.444 e. The molecule has 1 aliphatic heterocycles. The second-order valence-electron chi connectivity index (χ2n) is 7.23. The number of ether oxygens (including phenoxy) is 1. The van der Waals surface area contributed by atoms with E-state index in [1.54, 1.807) is 24.1 Å². The maximum atomic E-state index is 12.1. The summed E-state index contributed by atoms with van der Waals surface area (Å²) in [6.07, 6.45) is 0.672. The maximum absolute atomic E-state index is 12.1. The zero-order valence-corrected chi connectivity index (χ0v) is 15.4. The largest absolute Gasteiger partial charge is 0.444 e. The van der Waals surface area contributed by atoms with Crippen molar-refractivity contribution >= 4 is 23.4 Å². The first kappa shape index (κ1) is 18.4. The number of carbonyl (C=O) groups excluding carboxylic acids is 1. The number of rotatable bonds is 3. The minimum absolute atomic E-state index is 0.301. The van der Waals surface area contributed by atoms with E-state index < -0.39 is 5.60 Å². The molecule has 1 heterocycles. The van der Waals surface area contributed by atoms with Crippen molar-refractivity contribution in [1.82, 2.24) is 4.90 Å². The summed E-state index contributed by atoms with van der Waals surface area (Å²) < 4.78 is 5.39. The fraction of sp³-hybridized carbons (Fsp3) is 0.556. The minimum atomic E-state index is -0.488. The fourth-order valence-corrected chi connectivity index (χ4v) is 3.05. The highest BCUT2D eigenvalue weighted by atomic mass is 35.5. The lowest BCUT2D eigenvalue weighted by Crippen LogP contribution is -2.37. The summed E-state index contributed by atoms with van der Waals surface area (Å²) in [5.41, 5.74) is 1.01. The number of nitrogens with zero attached hydrogens (tertiary/aromatic N) is 3. The lowest BCUT2D eigenvalue weighted by Gasteiger charge is -2.26. The average molecular weight is 350 g/mol. The van der Waals surface area contributed by atoms with E-state index in [4.69, 9.17) is 16.3 Å². The predicted molar refractivity (Wildman–Crippen MR) is 95.4 cm³/mol. The van der Waals surface area contributed by atoms with E-state index >= 15 is 0 Å². The lowest BCUT2D eigenvalue weighted by atomic mass is 10.1. The number of hydrogen-bond acceptors (Lipinski definition) is 4. The summed E-state index contributed by atoms with van der Waals surface area (Å²) >= 11 is 5.96. The Labute approximate surface area is 148 Å². The molecule has 1 saturated heterocycles. The molecular formula is C18H24ClN3O2. The van der Waals surface area contributed by atoms with Gasteiger partial charge in [0, 0.05) is 31.7 Å². The van der Waals surface area contributed by atoms with Gasteiger partial charge in [-0.1, -0.05) is 11.6 Å². The number of nitriles is 1. The van der Waals surface area contributed by atoms with Crippen molar-refractivity contribution in [2.24, 2.45) is 5.92 Å². The monoisotopic (exact) mass is 349 g/mol. The summed E-state index contributed by atoms with van der Waals surface area (Å²) in [6, 6.07) is 7.59. The molecule has 6 heteroatoms. The van der Waals surface area contributed by atoms with Gasteiger partial charge in [-0.3, -0.25) is 0 Å². The van der Waals surface area contributed by atoms with Crippen molar-refractivity contribution in [3.8, 4) is 6.07 Å². The molecule has 0 aliphatic carbocycles. The lowest BCUT2D eigenvalue weighted by molar-refractivity contribution is 0.0277. The van der Waals surface area contributed by atoms with Gasteiger partial charge in [0.15, 0.2) is 0 Å². The first-order valence-corrected chi connectivity index (χ1v) is 8.46. The molecule has 1 atom stereocenters. The fourth-order valence-electron chi connectivity index (χ4n) is 2.88. The van der Waals surface area contributed by atoms with E-state index in [0.717, 1.165) is 25.2 Å². The van der Waals surface area contributed by atoms with Crippen LogP contribution in [0, 0.1) is 17.2 Å². The standard InChI is InChI=1S/C18H24ClN3O2/c1-18(2,3)24-17(23)21(4)11-13-7-8-22(12-13)16-6-5-15(19)9-14(16)10-20/h5-6,9,13H,7-8,11-12H2,1-4H3. The van der Waals surface area contributed by atoms with Gasteiger partial charge in [-0.15, -0.1) is 0 Å². The second-order valence-corrected chi connectivity index (χ2v) is 7.67. The third-order valence-corrected chi connectivity index (χ3v) is 4.18. The number of benzene rings is 1. The van der Waals surface area contributed by atoms with Crippen LogP contribution in [0.4, 0.5) is 10.5 Å². The van der Waals surface area contributed by atoms with Crippen LogP contribution in [-0.4, -0.2) is 43.3 Å². The molecule has 0 saturated carbocycles. The Morgan fingerprint density at radius 1 is 1.50 bits per heavy atom. The first-order chi connectivity index (χ1) is 11.2. The van der Waals surface area contributed by atoms with Crippen molar-refractivity contribution < 1.29 is 9.53 Å². The van der Waals surface area contributed by atoms with Crippen LogP contribution < -0.4 is 4.90 Å². The molecule has 0 bridgehead atoms. The van der Waals surface area contributed by atoms with E-state index in [0.29, 0.717) is 23.0 Å². The van der Waals surface area contributed by atoms with E-state index in [1.807, 2.05) is 26.8 Å². The molecular weight excluding hydrogens is 326 g/mol. The number of anilines is 1. The number of hydrogen-bond donors (Lipinski definition) is 0. The highest BCUT2D eigenvalue weighted by Gasteiger charge is 2.28. The number of halogens is 1. The highest BCUT2D eigenvalue weighted by molar-refractivity contribution is 6.30. The van der Waals surface area contributed by atoms with Gasteiger partial charge in [0.2, 0.25) is 0 Å². The second kappa shape index (κ2) is 7.31. The van der Waals surface area contributed by atoms with Crippen LogP contribution in [0.25, 0.3) is 0 Å². The van der Waals surface area contributed by atoms with Crippen LogP contribution in [0.15, 0.2) is 18.2 Å². The van der Waals surface area contributed by atoms with Crippen molar-refractivity contribution in [3.63, 3.8) is 0 Å². The molecule has 1 amide bonds. The predicted octanol–water partition coefficient (Wildman–Crippen LogP) is 3.90. The molecule has 0 spiro atoms. The summed E-state index contributed by atoms with van der Waals surface area (Å²) in [5.74, 6) is 0.352. The first-order valence-electron chi connectivity index (χ1n) is 8.08. The summed E-state index contributed by atoms with van der Waals surface area (Å²) in [4.78, 5) is 15.9. The normalized spacial score (nSPS) is 17.5. The third kappa shape index (κ3) is 4.78. The molecule has 24 heavy (non-hydrogen) atoms. The van der Waals surface area contributed by atoms with E-state index in [2.05, 4.69) is 11.0 Å². The van der Waals surface area contributed by atoms with Gasteiger partial charge in [-0.2, -0.15) is 5.26 Å². The topological polar surface area (TPSA) is 56.6 Å². The Bertz CT molecular complexity index is 649. The van der Waals surface area contributed by atoms with Crippen LogP contribution in [0.1, 0.15) is 32.8 Å². The Balaban J connectivity index is 1.96. The van der Waals surface area contributed by atoms with Crippen molar-refractivity contribution in [1.29, 1.82) is 5.26 Å². The molecule has 0 radical (unpaired) electrons. The van der Waals surface area contributed by atoms with Crippen molar-refractivity contribution in [2.75, 3.05) is 31.6 Å². The van der Waals surface area contributed by atoms with Gasteiger partial charge in [0.1, 0.15) is 11.7 Å². The molecule has 0 N–H and O–H groups in total. The quantitative estimate of drug-likeness (QED) is 0.830. The summed E-state index contributed by atoms with van der Waals surface area (Å²) in [5, 5.41) is 9.86. The number of carbonyl (C=O) groups is 1. The third-order valence-electron chi connectivity index (χ3n) is 3.94. The molecule has 1 aromatic rings. The molecule has 130 valence electrons. The van der Waals surface area contributed by atoms with Crippen LogP contribution in [0.2, 0.25) is 5.02 Å².